The van der Waals surface area contributed by atoms with Crippen molar-refractivity contribution < 1.29 is 4.42 Å². The molecule has 2 aromatic rings. The van der Waals surface area contributed by atoms with E-state index < -0.39 is 0 Å². The average molecular weight is 250 g/mol. The maximum absolute atomic E-state index is 5.36. The van der Waals surface area contributed by atoms with Gasteiger partial charge in [0.05, 0.1) is 12.0 Å². The Kier molecular flexibility index (Phi) is 3.35. The molecule has 2 heterocycles. The Morgan fingerprint density at radius 2 is 2.18 bits per heavy atom. The van der Waals surface area contributed by atoms with E-state index in [0.29, 0.717) is 0 Å². The van der Waals surface area contributed by atoms with Gasteiger partial charge >= 0.3 is 0 Å². The van der Waals surface area contributed by atoms with Gasteiger partial charge in [0.25, 0.3) is 0 Å². The highest BCUT2D eigenvalue weighted by atomic mass is 32.1. The van der Waals surface area contributed by atoms with Crippen molar-refractivity contribution in [1.82, 2.24) is 10.3 Å². The molecule has 0 saturated heterocycles. The molecule has 2 aromatic heterocycles. The van der Waals surface area contributed by atoms with Crippen LogP contribution in [0.5, 0.6) is 0 Å². The van der Waals surface area contributed by atoms with Gasteiger partial charge in [-0.3, -0.25) is 0 Å². The summed E-state index contributed by atoms with van der Waals surface area (Å²) in [5, 5.41) is 4.43. The standard InChI is InChI=1S/C13H18N2OS/c1-9-11(8-14-13(2,3)4)17-12(15-9)10-6-5-7-16-10/h5-7,14H,8H2,1-4H3. The van der Waals surface area contributed by atoms with Gasteiger partial charge in [0.15, 0.2) is 10.8 Å². The molecule has 4 heteroatoms. The van der Waals surface area contributed by atoms with Crippen molar-refractivity contribution in [3.05, 3.63) is 29.0 Å². The lowest BCUT2D eigenvalue weighted by Crippen LogP contribution is -2.34. The lowest BCUT2D eigenvalue weighted by atomic mass is 10.1. The number of nitrogens with zero attached hydrogens (tertiary/aromatic N) is 1. The fourth-order valence-electron chi connectivity index (χ4n) is 1.44. The van der Waals surface area contributed by atoms with E-state index in [-0.39, 0.29) is 5.54 Å². The van der Waals surface area contributed by atoms with Crippen LogP contribution in [0.2, 0.25) is 0 Å². The molecular weight excluding hydrogens is 232 g/mol. The van der Waals surface area contributed by atoms with Gasteiger partial charge in [0.1, 0.15) is 0 Å². The van der Waals surface area contributed by atoms with Crippen molar-refractivity contribution >= 4 is 11.3 Å². The summed E-state index contributed by atoms with van der Waals surface area (Å²) in [5.74, 6) is 0.847. The number of hydrogen-bond acceptors (Lipinski definition) is 4. The highest BCUT2D eigenvalue weighted by Crippen LogP contribution is 2.28. The normalized spacial score (nSPS) is 12.0. The topological polar surface area (TPSA) is 38.1 Å². The SMILES string of the molecule is Cc1nc(-c2ccco2)sc1CNC(C)(C)C. The van der Waals surface area contributed by atoms with Crippen LogP contribution in [-0.4, -0.2) is 10.5 Å². The third-order valence-electron chi connectivity index (χ3n) is 2.40. The van der Waals surface area contributed by atoms with E-state index >= 15 is 0 Å². The molecule has 0 amide bonds. The molecule has 1 N–H and O–H groups in total. The first-order valence-corrected chi connectivity index (χ1v) is 6.52. The van der Waals surface area contributed by atoms with Gasteiger partial charge in [-0.15, -0.1) is 11.3 Å². The zero-order valence-electron chi connectivity index (χ0n) is 10.7. The number of thiazole rings is 1. The van der Waals surface area contributed by atoms with Crippen LogP contribution in [0.4, 0.5) is 0 Å². The Bertz CT molecular complexity index is 480. The van der Waals surface area contributed by atoms with E-state index in [1.165, 1.54) is 4.88 Å². The van der Waals surface area contributed by atoms with Gasteiger partial charge in [0, 0.05) is 17.0 Å². The van der Waals surface area contributed by atoms with Crippen molar-refractivity contribution in [3.63, 3.8) is 0 Å². The third-order valence-corrected chi connectivity index (χ3v) is 3.58. The Balaban J connectivity index is 2.14. The molecular formula is C13H18N2OS. The van der Waals surface area contributed by atoms with Crippen molar-refractivity contribution in [1.29, 1.82) is 0 Å². The first-order valence-electron chi connectivity index (χ1n) is 5.71. The van der Waals surface area contributed by atoms with E-state index in [1.54, 1.807) is 17.6 Å². The second kappa shape index (κ2) is 4.63. The van der Waals surface area contributed by atoms with Crippen LogP contribution in [-0.2, 0) is 6.54 Å². The molecule has 0 atom stereocenters. The fraction of sp³-hybridized carbons (Fsp3) is 0.462. The molecule has 0 aliphatic rings. The summed E-state index contributed by atoms with van der Waals surface area (Å²) >= 11 is 1.69. The average Bonchev–Trinajstić information content (AvgIpc) is 2.82. The smallest absolute Gasteiger partial charge is 0.162 e. The molecule has 0 aliphatic heterocycles. The maximum atomic E-state index is 5.36. The summed E-state index contributed by atoms with van der Waals surface area (Å²) in [5.41, 5.74) is 1.21. The molecule has 0 saturated carbocycles. The lowest BCUT2D eigenvalue weighted by Gasteiger charge is -2.19. The summed E-state index contributed by atoms with van der Waals surface area (Å²) in [7, 11) is 0. The van der Waals surface area contributed by atoms with Gasteiger partial charge in [0.2, 0.25) is 0 Å². The minimum atomic E-state index is 0.126. The zero-order valence-corrected chi connectivity index (χ0v) is 11.5. The predicted molar refractivity (Wildman–Crippen MR) is 71.1 cm³/mol. The molecule has 92 valence electrons. The third kappa shape index (κ3) is 3.17. The molecule has 0 radical (unpaired) electrons. The van der Waals surface area contributed by atoms with Crippen LogP contribution in [0.25, 0.3) is 10.8 Å². The molecule has 0 aliphatic carbocycles. The number of aromatic nitrogens is 1. The van der Waals surface area contributed by atoms with E-state index in [2.05, 4.69) is 31.1 Å². The predicted octanol–water partition coefficient (Wildman–Crippen LogP) is 3.60. The van der Waals surface area contributed by atoms with Crippen molar-refractivity contribution in [3.8, 4) is 10.8 Å². The van der Waals surface area contributed by atoms with Crippen LogP contribution >= 0.6 is 11.3 Å². The minimum Gasteiger partial charge on any atom is -0.462 e. The summed E-state index contributed by atoms with van der Waals surface area (Å²) in [6, 6.07) is 3.83. The minimum absolute atomic E-state index is 0.126. The van der Waals surface area contributed by atoms with Crippen molar-refractivity contribution in [2.45, 2.75) is 39.8 Å². The van der Waals surface area contributed by atoms with Crippen molar-refractivity contribution in [2.75, 3.05) is 0 Å². The molecule has 17 heavy (non-hydrogen) atoms. The highest BCUT2D eigenvalue weighted by Gasteiger charge is 2.14. The zero-order chi connectivity index (χ0) is 12.5. The van der Waals surface area contributed by atoms with Crippen LogP contribution in [0, 0.1) is 6.92 Å². The number of furan rings is 1. The first-order chi connectivity index (χ1) is 7.96. The summed E-state index contributed by atoms with van der Waals surface area (Å²) < 4.78 is 5.36. The number of rotatable bonds is 3. The maximum Gasteiger partial charge on any atom is 0.162 e. The Morgan fingerprint density at radius 3 is 2.76 bits per heavy atom. The first kappa shape index (κ1) is 12.3. The quantitative estimate of drug-likeness (QED) is 0.904. The number of hydrogen-bond donors (Lipinski definition) is 1. The number of nitrogens with one attached hydrogen (secondary N) is 1. The van der Waals surface area contributed by atoms with Gasteiger partial charge in [-0.05, 0) is 39.8 Å². The van der Waals surface area contributed by atoms with E-state index in [4.69, 9.17) is 4.42 Å². The largest absolute Gasteiger partial charge is 0.462 e. The van der Waals surface area contributed by atoms with Crippen molar-refractivity contribution in [2.24, 2.45) is 0 Å². The molecule has 0 spiro atoms. The summed E-state index contributed by atoms with van der Waals surface area (Å²) in [4.78, 5) is 5.81. The van der Waals surface area contributed by atoms with Gasteiger partial charge in [-0.25, -0.2) is 4.98 Å². The van der Waals surface area contributed by atoms with Crippen LogP contribution < -0.4 is 5.32 Å². The van der Waals surface area contributed by atoms with Crippen LogP contribution in [0.3, 0.4) is 0 Å². The van der Waals surface area contributed by atoms with E-state index in [0.717, 1.165) is 23.0 Å². The van der Waals surface area contributed by atoms with Gasteiger partial charge in [-0.2, -0.15) is 0 Å². The van der Waals surface area contributed by atoms with Crippen LogP contribution in [0.1, 0.15) is 31.3 Å². The lowest BCUT2D eigenvalue weighted by molar-refractivity contribution is 0.425. The van der Waals surface area contributed by atoms with Crippen LogP contribution in [0.15, 0.2) is 22.8 Å². The van der Waals surface area contributed by atoms with Gasteiger partial charge < -0.3 is 9.73 Å². The van der Waals surface area contributed by atoms with E-state index in [9.17, 15) is 0 Å². The Hall–Kier alpha value is -1.13. The molecule has 0 fully saturated rings. The number of aryl methyl sites for hydroxylation is 1. The molecule has 3 nitrogen and oxygen atoms in total. The monoisotopic (exact) mass is 250 g/mol. The Morgan fingerprint density at radius 1 is 1.41 bits per heavy atom. The fourth-order valence-corrected chi connectivity index (χ4v) is 2.41. The summed E-state index contributed by atoms with van der Waals surface area (Å²) in [6.07, 6.45) is 1.68. The molecule has 0 aromatic carbocycles. The second-order valence-corrected chi connectivity index (χ2v) is 6.19. The molecule has 0 unspecified atom stereocenters. The molecule has 2 rings (SSSR count). The van der Waals surface area contributed by atoms with Gasteiger partial charge in [-0.1, -0.05) is 0 Å². The second-order valence-electron chi connectivity index (χ2n) is 5.11. The molecule has 0 bridgehead atoms. The summed E-state index contributed by atoms with van der Waals surface area (Å²) in [6.45, 7) is 9.39. The Labute approximate surface area is 106 Å². The van der Waals surface area contributed by atoms with E-state index in [1.807, 2.05) is 19.1 Å². The highest BCUT2D eigenvalue weighted by molar-refractivity contribution is 7.15.